The van der Waals surface area contributed by atoms with Crippen LogP contribution in [0, 0.1) is 5.92 Å². The predicted octanol–water partition coefficient (Wildman–Crippen LogP) is 7.32. The number of pyridine rings is 1. The first-order chi connectivity index (χ1) is 20.3. The number of carbonyl (C=O) groups is 1. The maximum Gasteiger partial charge on any atom is 0.308 e. The summed E-state index contributed by atoms with van der Waals surface area (Å²) in [6.45, 7) is 16.4. The fourth-order valence-corrected chi connectivity index (χ4v) is 6.83. The Hall–Kier alpha value is -2.32. The van der Waals surface area contributed by atoms with E-state index in [0.29, 0.717) is 31.8 Å². The lowest BCUT2D eigenvalue weighted by Gasteiger charge is -2.29. The van der Waals surface area contributed by atoms with Crippen LogP contribution in [0.4, 0.5) is 5.82 Å². The van der Waals surface area contributed by atoms with Crippen molar-refractivity contribution in [3.05, 3.63) is 41.4 Å². The normalized spacial score (nSPS) is 17.8. The van der Waals surface area contributed by atoms with Crippen molar-refractivity contribution < 1.29 is 19.0 Å². The van der Waals surface area contributed by atoms with Crippen molar-refractivity contribution in [2.45, 2.75) is 83.0 Å². The van der Waals surface area contributed by atoms with Gasteiger partial charge in [-0.15, -0.1) is 0 Å². The first-order valence-corrected chi connectivity index (χ1v) is 23.1. The Labute approximate surface area is 263 Å². The molecule has 9 nitrogen and oxygen atoms in total. The highest BCUT2D eigenvalue weighted by Crippen LogP contribution is 2.38. The molecule has 1 saturated carbocycles. The van der Waals surface area contributed by atoms with Gasteiger partial charge in [0.1, 0.15) is 24.4 Å². The van der Waals surface area contributed by atoms with Crippen molar-refractivity contribution in [1.82, 2.24) is 19.6 Å². The van der Waals surface area contributed by atoms with Gasteiger partial charge in [0.05, 0.1) is 19.2 Å². The van der Waals surface area contributed by atoms with E-state index in [1.807, 2.05) is 16.8 Å². The van der Waals surface area contributed by atoms with Crippen LogP contribution in [0.2, 0.25) is 56.5 Å². The van der Waals surface area contributed by atoms with Gasteiger partial charge in [-0.25, -0.2) is 9.97 Å². The van der Waals surface area contributed by atoms with Gasteiger partial charge in [0.15, 0.2) is 5.65 Å². The number of fused-ring (bicyclic) bond motifs is 1. The molecular weight excluding hydrogens is 598 g/mol. The van der Waals surface area contributed by atoms with Crippen molar-refractivity contribution in [2.75, 3.05) is 38.7 Å². The van der Waals surface area contributed by atoms with Crippen LogP contribution in [-0.4, -0.2) is 75.5 Å². The molecule has 1 fully saturated rings. The van der Waals surface area contributed by atoms with Crippen LogP contribution < -0.4 is 4.90 Å². The Balaban J connectivity index is 1.70. The summed E-state index contributed by atoms with van der Waals surface area (Å²) in [4.78, 5) is 23.8. The molecule has 236 valence electrons. The number of hydrogen-bond donors (Lipinski definition) is 0. The van der Waals surface area contributed by atoms with Gasteiger partial charge in [-0.1, -0.05) is 50.9 Å². The highest BCUT2D eigenvalue weighted by Gasteiger charge is 2.30. The molecule has 0 radical (unpaired) electrons. The first kappa shape index (κ1) is 33.6. The summed E-state index contributed by atoms with van der Waals surface area (Å²) < 4.78 is 19.4. The molecular formula is C31H48ClN5O4Si2. The van der Waals surface area contributed by atoms with Crippen LogP contribution in [0.3, 0.4) is 0 Å². The van der Waals surface area contributed by atoms with Crippen molar-refractivity contribution in [3.63, 3.8) is 0 Å². The number of methoxy groups -OCH3 is 1. The summed E-state index contributed by atoms with van der Waals surface area (Å²) in [5, 5.41) is 5.24. The average Bonchev–Trinajstić information content (AvgIpc) is 3.39. The first-order valence-electron chi connectivity index (χ1n) is 15.3. The zero-order chi connectivity index (χ0) is 31.2. The Kier molecular flexibility index (Phi) is 11.4. The van der Waals surface area contributed by atoms with E-state index in [1.165, 1.54) is 7.11 Å². The lowest BCUT2D eigenvalue weighted by Crippen LogP contribution is -2.33. The fourth-order valence-electron chi connectivity index (χ4n) is 5.21. The Morgan fingerprint density at radius 3 is 2.14 bits per heavy atom. The summed E-state index contributed by atoms with van der Waals surface area (Å²) in [6, 6.07) is 8.04. The second kappa shape index (κ2) is 14.6. The smallest absolute Gasteiger partial charge is 0.308 e. The lowest BCUT2D eigenvalue weighted by molar-refractivity contribution is -0.146. The van der Waals surface area contributed by atoms with E-state index < -0.39 is 16.1 Å². The van der Waals surface area contributed by atoms with Crippen molar-refractivity contribution in [1.29, 1.82) is 0 Å². The summed E-state index contributed by atoms with van der Waals surface area (Å²) >= 11 is 6.10. The number of esters is 1. The van der Waals surface area contributed by atoms with E-state index in [9.17, 15) is 4.79 Å². The molecule has 0 aliphatic heterocycles. The Morgan fingerprint density at radius 1 is 0.977 bits per heavy atom. The minimum Gasteiger partial charge on any atom is -0.469 e. The molecule has 3 heterocycles. The number of nitrogens with zero attached hydrogens (tertiary/aromatic N) is 5. The highest BCUT2D eigenvalue weighted by molar-refractivity contribution is 6.76. The maximum atomic E-state index is 12.2. The maximum absolute atomic E-state index is 12.2. The van der Waals surface area contributed by atoms with Crippen LogP contribution in [0.5, 0.6) is 0 Å². The number of halogens is 1. The zero-order valence-corrected chi connectivity index (χ0v) is 29.6. The van der Waals surface area contributed by atoms with Crippen LogP contribution in [-0.2, 0) is 19.0 Å². The third-order valence-corrected chi connectivity index (χ3v) is 11.6. The molecule has 43 heavy (non-hydrogen) atoms. The fraction of sp³-hybridized carbons (Fsp3) is 0.613. The minimum absolute atomic E-state index is 0.0499. The topological polar surface area (TPSA) is 91.1 Å². The predicted molar refractivity (Wildman–Crippen MR) is 178 cm³/mol. The molecule has 0 N–H and O–H groups in total. The highest BCUT2D eigenvalue weighted by atomic mass is 35.5. The van der Waals surface area contributed by atoms with Gasteiger partial charge in [0.25, 0.3) is 0 Å². The van der Waals surface area contributed by atoms with E-state index in [2.05, 4.69) is 55.2 Å². The zero-order valence-electron chi connectivity index (χ0n) is 26.9. The standard InChI is InChI=1S/C31H48ClN5O4Si2/c1-39-31(38)24-10-8-23(9-11-24)27-18-29(37-30(35-27)26(20-34-37)25-12-13-28(32)33-19-25)36(21-40-14-16-42(2,3)4)22-41-15-17-43(5,6)7/h12-13,18-20,23-24H,8-11,14-17,21-22H2,1-7H3. The Bertz CT molecular complexity index is 1330. The van der Waals surface area contributed by atoms with Gasteiger partial charge in [0, 0.05) is 64.4 Å². The quantitative estimate of drug-likeness (QED) is 0.0592. The van der Waals surface area contributed by atoms with Crippen molar-refractivity contribution in [2.24, 2.45) is 5.92 Å². The third-order valence-electron chi connectivity index (χ3n) is 8.00. The van der Waals surface area contributed by atoms with Crippen LogP contribution in [0.25, 0.3) is 16.8 Å². The van der Waals surface area contributed by atoms with Gasteiger partial charge >= 0.3 is 5.97 Å². The van der Waals surface area contributed by atoms with Gasteiger partial charge in [-0.3, -0.25) is 4.79 Å². The van der Waals surface area contributed by atoms with E-state index in [0.717, 1.165) is 66.1 Å². The molecule has 1 aliphatic carbocycles. The lowest BCUT2D eigenvalue weighted by atomic mass is 9.80. The molecule has 0 unspecified atom stereocenters. The third kappa shape index (κ3) is 9.58. The number of aromatic nitrogens is 4. The van der Waals surface area contributed by atoms with Gasteiger partial charge in [-0.2, -0.15) is 9.61 Å². The van der Waals surface area contributed by atoms with Gasteiger partial charge in [-0.05, 0) is 49.9 Å². The second-order valence-corrected chi connectivity index (χ2v) is 25.6. The van der Waals surface area contributed by atoms with Crippen LogP contribution >= 0.6 is 11.6 Å². The van der Waals surface area contributed by atoms with E-state index in [1.54, 1.807) is 12.3 Å². The summed E-state index contributed by atoms with van der Waals surface area (Å²) in [5.41, 5.74) is 3.52. The molecule has 1 aliphatic rings. The molecule has 4 rings (SSSR count). The van der Waals surface area contributed by atoms with Crippen LogP contribution in [0.15, 0.2) is 30.6 Å². The summed E-state index contributed by atoms with van der Waals surface area (Å²) in [7, 11) is -1.01. The SMILES string of the molecule is COC(=O)C1CCC(c2cc(N(COCC[Si](C)(C)C)COCC[Si](C)(C)C)n3ncc(-c4ccc(Cl)nc4)c3n2)CC1. The second-order valence-electron chi connectivity index (χ2n) is 14.0. The minimum atomic E-state index is -1.24. The molecule has 0 aromatic carbocycles. The molecule has 0 amide bonds. The number of anilines is 1. The molecule has 0 bridgehead atoms. The number of rotatable bonds is 14. The largest absolute Gasteiger partial charge is 0.469 e. The molecule has 3 aromatic rings. The molecule has 12 heteroatoms. The van der Waals surface area contributed by atoms with E-state index in [-0.39, 0.29) is 17.8 Å². The van der Waals surface area contributed by atoms with E-state index >= 15 is 0 Å². The van der Waals surface area contributed by atoms with Crippen LogP contribution in [0.1, 0.15) is 37.3 Å². The molecule has 0 saturated heterocycles. The average molecular weight is 646 g/mol. The molecule has 3 aromatic heterocycles. The van der Waals surface area contributed by atoms with Gasteiger partial charge < -0.3 is 19.1 Å². The van der Waals surface area contributed by atoms with E-state index in [4.69, 9.17) is 35.9 Å². The molecule has 0 spiro atoms. The monoisotopic (exact) mass is 645 g/mol. The Morgan fingerprint density at radius 2 is 1.60 bits per heavy atom. The summed E-state index contributed by atoms with van der Waals surface area (Å²) in [6.07, 6.45) is 6.91. The van der Waals surface area contributed by atoms with Gasteiger partial charge in [0.2, 0.25) is 0 Å². The summed E-state index contributed by atoms with van der Waals surface area (Å²) in [5.74, 6) is 0.932. The number of hydrogen-bond acceptors (Lipinski definition) is 8. The molecule has 0 atom stereocenters. The number of carbonyl (C=O) groups excluding carboxylic acids is 1. The van der Waals surface area contributed by atoms with Crippen molar-refractivity contribution in [3.8, 4) is 11.1 Å². The van der Waals surface area contributed by atoms with Crippen molar-refractivity contribution >= 4 is 45.2 Å². The number of ether oxygens (including phenoxy) is 3.